The Morgan fingerprint density at radius 1 is 1.60 bits per heavy atom. The molecule has 0 N–H and O–H groups in total. The number of hydrogen-bond acceptors (Lipinski definition) is 3. The normalized spacial score (nSPS) is 9.80. The number of ketones is 1. The second-order valence-electron chi connectivity index (χ2n) is 2.10. The van der Waals surface area contributed by atoms with E-state index in [0.29, 0.717) is 5.75 Å². The highest BCUT2D eigenvalue weighted by atomic mass is 32.2. The Morgan fingerprint density at radius 3 is 2.80 bits per heavy atom. The Kier molecular flexibility index (Phi) is 7.08. The molecular weight excluding hydrogens is 148 g/mol. The van der Waals surface area contributed by atoms with Gasteiger partial charge in [-0.15, -0.1) is 0 Å². The average Bonchev–Trinajstić information content (AvgIpc) is 1.87. The van der Waals surface area contributed by atoms with Gasteiger partial charge in [0.2, 0.25) is 0 Å². The highest BCUT2D eigenvalue weighted by Crippen LogP contribution is 2.01. The molecule has 0 heterocycles. The standard InChI is InChI=1S/C7H14O2S/c1-7(8)6-10-5-3-4-9-2/h3-6H2,1-2H3. The van der Waals surface area contributed by atoms with Crippen LogP contribution in [-0.4, -0.2) is 31.0 Å². The average molecular weight is 162 g/mol. The predicted molar refractivity (Wildman–Crippen MR) is 44.5 cm³/mol. The quantitative estimate of drug-likeness (QED) is 0.551. The van der Waals surface area contributed by atoms with Crippen molar-refractivity contribution in [3.63, 3.8) is 0 Å². The van der Waals surface area contributed by atoms with Gasteiger partial charge in [-0.2, -0.15) is 11.8 Å². The van der Waals surface area contributed by atoms with Gasteiger partial charge in [0.25, 0.3) is 0 Å². The van der Waals surface area contributed by atoms with Crippen LogP contribution in [0.5, 0.6) is 0 Å². The molecule has 0 saturated heterocycles. The monoisotopic (exact) mass is 162 g/mol. The SMILES string of the molecule is COCCCSCC(C)=O. The van der Waals surface area contributed by atoms with E-state index in [2.05, 4.69) is 0 Å². The number of ether oxygens (including phenoxy) is 1. The maximum absolute atomic E-state index is 10.4. The van der Waals surface area contributed by atoms with Crippen LogP contribution in [0.25, 0.3) is 0 Å². The van der Waals surface area contributed by atoms with Crippen LogP contribution in [0.3, 0.4) is 0 Å². The lowest BCUT2D eigenvalue weighted by molar-refractivity contribution is -0.114. The molecule has 0 aliphatic carbocycles. The Hall–Kier alpha value is -0.0200. The minimum absolute atomic E-state index is 0.252. The predicted octanol–water partition coefficient (Wildman–Crippen LogP) is 1.35. The van der Waals surface area contributed by atoms with Crippen LogP contribution in [0.2, 0.25) is 0 Å². The summed E-state index contributed by atoms with van der Waals surface area (Å²) in [6.45, 7) is 2.41. The molecule has 60 valence electrons. The molecule has 0 saturated carbocycles. The van der Waals surface area contributed by atoms with Crippen LogP contribution in [0, 0.1) is 0 Å². The van der Waals surface area contributed by atoms with E-state index in [4.69, 9.17) is 4.74 Å². The smallest absolute Gasteiger partial charge is 0.139 e. The summed E-state index contributed by atoms with van der Waals surface area (Å²) in [4.78, 5) is 10.4. The molecule has 0 aromatic carbocycles. The van der Waals surface area contributed by atoms with Gasteiger partial charge in [-0.1, -0.05) is 0 Å². The van der Waals surface area contributed by atoms with Crippen molar-refractivity contribution in [1.82, 2.24) is 0 Å². The van der Waals surface area contributed by atoms with Crippen molar-refractivity contribution >= 4 is 17.5 Å². The first-order valence-electron chi connectivity index (χ1n) is 3.33. The van der Waals surface area contributed by atoms with Crippen LogP contribution in [0.1, 0.15) is 13.3 Å². The molecule has 0 radical (unpaired) electrons. The molecule has 0 aliphatic rings. The molecule has 3 heteroatoms. The van der Waals surface area contributed by atoms with Gasteiger partial charge in [0.1, 0.15) is 5.78 Å². The molecule has 2 nitrogen and oxygen atoms in total. The summed E-state index contributed by atoms with van der Waals surface area (Å²) < 4.78 is 4.85. The van der Waals surface area contributed by atoms with E-state index in [1.54, 1.807) is 25.8 Å². The Morgan fingerprint density at radius 2 is 2.30 bits per heavy atom. The van der Waals surface area contributed by atoms with Gasteiger partial charge >= 0.3 is 0 Å². The number of thioether (sulfide) groups is 1. The van der Waals surface area contributed by atoms with Crippen LogP contribution in [0.4, 0.5) is 0 Å². The molecule has 10 heavy (non-hydrogen) atoms. The molecule has 0 aliphatic heterocycles. The van der Waals surface area contributed by atoms with Crippen LogP contribution in [0.15, 0.2) is 0 Å². The van der Waals surface area contributed by atoms with E-state index in [1.165, 1.54) is 0 Å². The lowest BCUT2D eigenvalue weighted by atomic mass is 10.5. The van der Waals surface area contributed by atoms with Crippen molar-refractivity contribution in [3.05, 3.63) is 0 Å². The number of Topliss-reactive ketones (excluding diaryl/α,β-unsaturated/α-hetero) is 1. The maximum Gasteiger partial charge on any atom is 0.139 e. The largest absolute Gasteiger partial charge is 0.385 e. The molecule has 0 unspecified atom stereocenters. The summed E-state index contributed by atoms with van der Waals surface area (Å²) in [5.74, 6) is 1.92. The zero-order valence-electron chi connectivity index (χ0n) is 6.55. The molecule has 0 atom stereocenters. The van der Waals surface area contributed by atoms with Crippen molar-refractivity contribution in [2.45, 2.75) is 13.3 Å². The highest BCUT2D eigenvalue weighted by Gasteiger charge is 1.92. The molecule has 0 fully saturated rings. The second-order valence-corrected chi connectivity index (χ2v) is 3.21. The van der Waals surface area contributed by atoms with Crippen LogP contribution in [-0.2, 0) is 9.53 Å². The summed E-state index contributed by atoms with van der Waals surface area (Å²) in [6, 6.07) is 0. The molecule has 0 spiro atoms. The van der Waals surface area contributed by atoms with Gasteiger partial charge in [-0.05, 0) is 19.1 Å². The lowest BCUT2D eigenvalue weighted by Crippen LogP contribution is -1.96. The van der Waals surface area contributed by atoms with Crippen molar-refractivity contribution in [1.29, 1.82) is 0 Å². The van der Waals surface area contributed by atoms with Crippen LogP contribution >= 0.6 is 11.8 Å². The van der Waals surface area contributed by atoms with E-state index in [9.17, 15) is 4.79 Å². The number of hydrogen-bond donors (Lipinski definition) is 0. The molecule has 0 aromatic heterocycles. The number of carbonyl (C=O) groups excluding carboxylic acids is 1. The fourth-order valence-electron chi connectivity index (χ4n) is 0.521. The number of methoxy groups -OCH3 is 1. The Balaban J connectivity index is 2.84. The zero-order chi connectivity index (χ0) is 7.82. The fourth-order valence-corrected chi connectivity index (χ4v) is 1.27. The first kappa shape index (κ1) is 9.98. The lowest BCUT2D eigenvalue weighted by Gasteiger charge is -1.97. The summed E-state index contributed by atoms with van der Waals surface area (Å²) in [5.41, 5.74) is 0. The van der Waals surface area contributed by atoms with E-state index in [1.807, 2.05) is 0 Å². The number of rotatable bonds is 6. The van der Waals surface area contributed by atoms with Gasteiger partial charge in [-0.25, -0.2) is 0 Å². The van der Waals surface area contributed by atoms with E-state index in [-0.39, 0.29) is 5.78 Å². The summed E-state index contributed by atoms with van der Waals surface area (Å²) in [5, 5.41) is 0. The van der Waals surface area contributed by atoms with Gasteiger partial charge in [0.05, 0.1) is 5.75 Å². The maximum atomic E-state index is 10.4. The van der Waals surface area contributed by atoms with Gasteiger partial charge < -0.3 is 4.74 Å². The molecule has 0 aromatic rings. The van der Waals surface area contributed by atoms with Gasteiger partial charge in [0, 0.05) is 13.7 Å². The van der Waals surface area contributed by atoms with E-state index in [0.717, 1.165) is 18.8 Å². The van der Waals surface area contributed by atoms with Gasteiger partial charge in [0.15, 0.2) is 0 Å². The molecule has 0 amide bonds. The van der Waals surface area contributed by atoms with Crippen molar-refractivity contribution in [2.24, 2.45) is 0 Å². The third kappa shape index (κ3) is 7.98. The second kappa shape index (κ2) is 7.09. The van der Waals surface area contributed by atoms with Crippen LogP contribution < -0.4 is 0 Å². The first-order valence-corrected chi connectivity index (χ1v) is 4.49. The summed E-state index contributed by atoms with van der Waals surface area (Å²) in [7, 11) is 1.69. The Labute approximate surface area is 66.3 Å². The molecular formula is C7H14O2S. The Bertz CT molecular complexity index is 93.6. The van der Waals surface area contributed by atoms with E-state index >= 15 is 0 Å². The third-order valence-corrected chi connectivity index (χ3v) is 2.13. The minimum atomic E-state index is 0.252. The summed E-state index contributed by atoms with van der Waals surface area (Å²) in [6.07, 6.45) is 1.04. The topological polar surface area (TPSA) is 26.3 Å². The van der Waals surface area contributed by atoms with Crippen molar-refractivity contribution in [2.75, 3.05) is 25.2 Å². The highest BCUT2D eigenvalue weighted by molar-refractivity contribution is 7.99. The fraction of sp³-hybridized carbons (Fsp3) is 0.857. The van der Waals surface area contributed by atoms with Crippen molar-refractivity contribution < 1.29 is 9.53 Å². The molecule has 0 bridgehead atoms. The minimum Gasteiger partial charge on any atom is -0.385 e. The van der Waals surface area contributed by atoms with Crippen molar-refractivity contribution in [3.8, 4) is 0 Å². The number of carbonyl (C=O) groups is 1. The van der Waals surface area contributed by atoms with Gasteiger partial charge in [-0.3, -0.25) is 4.79 Å². The summed E-state index contributed by atoms with van der Waals surface area (Å²) >= 11 is 1.67. The van der Waals surface area contributed by atoms with E-state index < -0.39 is 0 Å². The zero-order valence-corrected chi connectivity index (χ0v) is 7.37. The third-order valence-electron chi connectivity index (χ3n) is 0.942. The molecule has 0 rings (SSSR count). The first-order chi connectivity index (χ1) is 4.77.